The molecule has 1 aromatic heterocycles. The van der Waals surface area contributed by atoms with Crippen molar-refractivity contribution in [2.75, 3.05) is 20.2 Å². The number of pyridine rings is 1. The summed E-state index contributed by atoms with van der Waals surface area (Å²) in [6.45, 7) is 5.76. The van der Waals surface area contributed by atoms with Crippen molar-refractivity contribution in [2.24, 2.45) is 0 Å². The lowest BCUT2D eigenvalue weighted by Gasteiger charge is -2.57. The average molecular weight is 259 g/mol. The molecule has 0 aromatic carbocycles. The van der Waals surface area contributed by atoms with E-state index in [-0.39, 0.29) is 0 Å². The molecule has 3 unspecified atom stereocenters. The van der Waals surface area contributed by atoms with E-state index in [9.17, 15) is 0 Å². The Morgan fingerprint density at radius 1 is 1.42 bits per heavy atom. The van der Waals surface area contributed by atoms with Gasteiger partial charge < -0.3 is 9.64 Å². The van der Waals surface area contributed by atoms with E-state index in [4.69, 9.17) is 4.74 Å². The van der Waals surface area contributed by atoms with Crippen molar-refractivity contribution < 1.29 is 4.74 Å². The molecule has 1 aromatic rings. The normalized spacial score (nSPS) is 28.7. The summed E-state index contributed by atoms with van der Waals surface area (Å²) in [5.74, 6) is 1.37. The van der Waals surface area contributed by atoms with Gasteiger partial charge in [0, 0.05) is 44.0 Å². The molecule has 0 spiro atoms. The zero-order valence-corrected chi connectivity index (χ0v) is 12.0. The predicted molar refractivity (Wildman–Crippen MR) is 78.1 cm³/mol. The summed E-state index contributed by atoms with van der Waals surface area (Å²) in [5, 5.41) is 0. The van der Waals surface area contributed by atoms with Crippen molar-refractivity contribution in [3.05, 3.63) is 23.9 Å². The number of aromatic nitrogens is 1. The zero-order valence-electron chi connectivity index (χ0n) is 12.0. The summed E-state index contributed by atoms with van der Waals surface area (Å²) < 4.78 is 5.10. The molecule has 2 bridgehead atoms. The van der Waals surface area contributed by atoms with E-state index in [1.165, 1.54) is 25.1 Å². The molecule has 0 aliphatic carbocycles. The van der Waals surface area contributed by atoms with E-state index in [1.807, 2.05) is 12.3 Å². The topological polar surface area (TPSA) is 28.6 Å². The first kappa shape index (κ1) is 12.9. The minimum Gasteiger partial charge on any atom is -0.481 e. The highest BCUT2D eigenvalue weighted by Crippen LogP contribution is 2.34. The predicted octanol–water partition coefficient (Wildman–Crippen LogP) is 0.328. The fraction of sp³-hybridized carbons (Fsp3) is 0.643. The van der Waals surface area contributed by atoms with E-state index in [1.54, 1.807) is 7.11 Å². The van der Waals surface area contributed by atoms with E-state index in [0.29, 0.717) is 11.8 Å². The first-order valence-corrected chi connectivity index (χ1v) is 7.16. The van der Waals surface area contributed by atoms with Crippen LogP contribution in [0.4, 0.5) is 0 Å². The molecule has 0 amide bonds. The van der Waals surface area contributed by atoms with Crippen LogP contribution in [0.5, 0.6) is 5.88 Å². The van der Waals surface area contributed by atoms with Crippen LogP contribution in [0.2, 0.25) is 0 Å². The van der Waals surface area contributed by atoms with Gasteiger partial charge in [-0.05, 0) is 17.9 Å². The Kier molecular flexibility index (Phi) is 3.50. The Bertz CT molecular complexity index is 425. The molecular weight excluding hydrogens is 237 g/mol. The third kappa shape index (κ3) is 2.49. The quantitative estimate of drug-likeness (QED) is 0.728. The molecule has 4 rings (SSSR count). The number of piperazine rings is 1. The molecule has 5 heteroatoms. The molecule has 3 atom stereocenters. The molecular formula is C14H22BN3O. The molecule has 0 N–H and O–H groups in total. The van der Waals surface area contributed by atoms with Crippen LogP contribution >= 0.6 is 0 Å². The van der Waals surface area contributed by atoms with E-state index < -0.39 is 0 Å². The third-order valence-corrected chi connectivity index (χ3v) is 4.47. The van der Waals surface area contributed by atoms with Gasteiger partial charge in [0.15, 0.2) is 0 Å². The molecule has 3 aliphatic heterocycles. The third-order valence-electron chi connectivity index (χ3n) is 4.47. The lowest BCUT2D eigenvalue weighted by Crippen LogP contribution is -2.69. The second-order valence-electron chi connectivity index (χ2n) is 5.97. The number of ether oxygens (including phenoxy) is 1. The van der Waals surface area contributed by atoms with Crippen LogP contribution in [0.1, 0.15) is 18.9 Å². The van der Waals surface area contributed by atoms with Crippen molar-refractivity contribution in [3.63, 3.8) is 0 Å². The Hall–Kier alpha value is -1.07. The molecule has 4 heterocycles. The second-order valence-corrected chi connectivity index (χ2v) is 5.97. The number of methoxy groups -OCH3 is 1. The number of piperidine rings is 1. The Morgan fingerprint density at radius 2 is 2.16 bits per heavy atom. The summed E-state index contributed by atoms with van der Waals surface area (Å²) in [5.41, 5.74) is 1.29. The highest BCUT2D eigenvalue weighted by atomic mass is 16.5. The van der Waals surface area contributed by atoms with Crippen molar-refractivity contribution in [1.82, 2.24) is 14.8 Å². The van der Waals surface area contributed by atoms with Crippen LogP contribution in [0.15, 0.2) is 18.3 Å². The van der Waals surface area contributed by atoms with Crippen LogP contribution < -0.4 is 4.74 Å². The van der Waals surface area contributed by atoms with Crippen molar-refractivity contribution in [3.8, 4) is 5.88 Å². The maximum absolute atomic E-state index is 5.10. The van der Waals surface area contributed by atoms with Gasteiger partial charge in [-0.1, -0.05) is 13.0 Å². The molecule has 0 saturated carbocycles. The Labute approximate surface area is 116 Å². The van der Waals surface area contributed by atoms with Gasteiger partial charge in [0.2, 0.25) is 5.88 Å². The second kappa shape index (κ2) is 5.14. The lowest BCUT2D eigenvalue weighted by atomic mass is 9.83. The van der Waals surface area contributed by atoms with Crippen molar-refractivity contribution in [2.45, 2.75) is 37.9 Å². The van der Waals surface area contributed by atoms with Crippen LogP contribution in [0, 0.1) is 0 Å². The Morgan fingerprint density at radius 3 is 2.68 bits per heavy atom. The molecule has 3 aliphatic rings. The first-order valence-electron chi connectivity index (χ1n) is 7.16. The van der Waals surface area contributed by atoms with Gasteiger partial charge in [-0.15, -0.1) is 0 Å². The number of fused-ring (bicyclic) bond motifs is 2. The zero-order chi connectivity index (χ0) is 13.4. The van der Waals surface area contributed by atoms with Crippen molar-refractivity contribution in [1.29, 1.82) is 0 Å². The highest BCUT2D eigenvalue weighted by Gasteiger charge is 2.44. The van der Waals surface area contributed by atoms with Gasteiger partial charge in [0.1, 0.15) is 7.85 Å². The van der Waals surface area contributed by atoms with Gasteiger partial charge in [0.25, 0.3) is 0 Å². The fourth-order valence-electron chi connectivity index (χ4n) is 3.24. The average Bonchev–Trinajstić information content (AvgIpc) is 2.45. The van der Waals surface area contributed by atoms with Crippen LogP contribution in [0.3, 0.4) is 0 Å². The molecule has 3 saturated heterocycles. The lowest BCUT2D eigenvalue weighted by molar-refractivity contribution is -0.0775. The van der Waals surface area contributed by atoms with Gasteiger partial charge in [-0.3, -0.25) is 4.90 Å². The maximum Gasteiger partial charge on any atom is 0.212 e. The van der Waals surface area contributed by atoms with Gasteiger partial charge in [0.05, 0.1) is 7.11 Å². The van der Waals surface area contributed by atoms with Gasteiger partial charge >= 0.3 is 0 Å². The van der Waals surface area contributed by atoms with E-state index in [2.05, 4.69) is 35.6 Å². The number of hydrogen-bond donors (Lipinski definition) is 0. The number of rotatable bonds is 4. The Balaban J connectivity index is 1.60. The number of hydrogen-bond acceptors (Lipinski definition) is 4. The van der Waals surface area contributed by atoms with Crippen molar-refractivity contribution >= 4 is 7.85 Å². The highest BCUT2D eigenvalue weighted by molar-refractivity contribution is 6.11. The van der Waals surface area contributed by atoms with E-state index >= 15 is 0 Å². The standard InChI is InChI=1S/C14H22BN3O/c1-10(15)17-8-12-5-13(9-17)18(12)7-11-3-4-14(19-2)16-6-11/h3-4,6,10,12-13H,5,7-9,15H2,1-2H3. The molecule has 19 heavy (non-hydrogen) atoms. The van der Waals surface area contributed by atoms with Gasteiger partial charge in [-0.25, -0.2) is 4.98 Å². The summed E-state index contributed by atoms with van der Waals surface area (Å²) in [4.78, 5) is 9.51. The van der Waals surface area contributed by atoms with Crippen LogP contribution in [-0.2, 0) is 6.54 Å². The molecule has 102 valence electrons. The SMILES string of the molecule is BC(C)N1CC2CC(C1)N2Cc1ccc(OC)nc1. The first-order chi connectivity index (χ1) is 9.17. The largest absolute Gasteiger partial charge is 0.481 e. The van der Waals surface area contributed by atoms with Gasteiger partial charge in [-0.2, -0.15) is 0 Å². The summed E-state index contributed by atoms with van der Waals surface area (Å²) in [7, 11) is 3.95. The minimum atomic E-state index is 0.676. The summed E-state index contributed by atoms with van der Waals surface area (Å²) in [6, 6.07) is 5.55. The molecule has 3 fully saturated rings. The summed E-state index contributed by atoms with van der Waals surface area (Å²) >= 11 is 0. The minimum absolute atomic E-state index is 0.676. The smallest absolute Gasteiger partial charge is 0.212 e. The van der Waals surface area contributed by atoms with E-state index in [0.717, 1.165) is 18.6 Å². The maximum atomic E-state index is 5.10. The summed E-state index contributed by atoms with van der Waals surface area (Å²) in [6.07, 6.45) is 3.31. The molecule has 4 nitrogen and oxygen atoms in total. The molecule has 0 radical (unpaired) electrons. The number of nitrogens with zero attached hydrogens (tertiary/aromatic N) is 3. The monoisotopic (exact) mass is 259 g/mol. The van der Waals surface area contributed by atoms with Crippen LogP contribution in [0.25, 0.3) is 0 Å². The van der Waals surface area contributed by atoms with Crippen LogP contribution in [-0.4, -0.2) is 60.9 Å². The fourth-order valence-corrected chi connectivity index (χ4v) is 3.24.